The molecule has 0 unspecified atom stereocenters. The summed E-state index contributed by atoms with van der Waals surface area (Å²) in [7, 11) is 0. The van der Waals surface area contributed by atoms with Crippen LogP contribution in [0.5, 0.6) is 0 Å². The van der Waals surface area contributed by atoms with E-state index in [1.54, 1.807) is 84.0 Å². The molecule has 0 radical (unpaired) electrons. The minimum absolute atomic E-state index is 0. The molecule has 0 saturated heterocycles. The number of rotatable bonds is 19. The van der Waals surface area contributed by atoms with Gasteiger partial charge in [0.1, 0.15) is 23.6 Å². The second kappa shape index (κ2) is 33.5. The van der Waals surface area contributed by atoms with Crippen LogP contribution in [0.1, 0.15) is 118 Å². The van der Waals surface area contributed by atoms with Gasteiger partial charge in [-0.05, 0) is 151 Å². The SMILES string of the molecule is C[C@@H](Cc1ccccc1)[C@H](C[C@H](Cc1ccccc1)NC(=O)OC(C)(C)C)OC(=S)n1ccnc1.C[C@H](CC[C@H](Cc1ccccc1)NC(=O)OC(C)(C)C)Cc1ccccc1.O.O=C(OC(=O)c1ccccc1)c1ccccc1. The number of imidazole rings is 1. The molecule has 6 aromatic carbocycles. The Morgan fingerprint density at radius 1 is 0.525 bits per heavy atom. The molecule has 4 N–H and O–H groups in total. The molecule has 0 aliphatic rings. The zero-order chi connectivity index (χ0) is 57.0. The van der Waals surface area contributed by atoms with E-state index in [4.69, 9.17) is 31.2 Å². The Balaban J connectivity index is 0.000000272. The highest BCUT2D eigenvalue weighted by Crippen LogP contribution is 2.23. The van der Waals surface area contributed by atoms with E-state index in [9.17, 15) is 19.2 Å². The van der Waals surface area contributed by atoms with Crippen LogP contribution < -0.4 is 10.6 Å². The third kappa shape index (κ3) is 25.7. The molecule has 7 rings (SSSR count). The molecule has 13 nitrogen and oxygen atoms in total. The molecule has 424 valence electrons. The maximum Gasteiger partial charge on any atom is 0.407 e. The molecule has 80 heavy (non-hydrogen) atoms. The molecule has 0 saturated carbocycles. The number of aromatic nitrogens is 2. The number of nitrogens with zero attached hydrogens (tertiary/aromatic N) is 2. The summed E-state index contributed by atoms with van der Waals surface area (Å²) in [4.78, 5) is 52.2. The second-order valence-electron chi connectivity index (χ2n) is 21.6. The number of carbonyl (C=O) groups is 4. The van der Waals surface area contributed by atoms with E-state index in [2.05, 4.69) is 96.2 Å². The predicted molar refractivity (Wildman–Crippen MR) is 320 cm³/mol. The molecule has 7 aromatic rings. The van der Waals surface area contributed by atoms with Crippen LogP contribution in [0.15, 0.2) is 201 Å². The van der Waals surface area contributed by atoms with Crippen LogP contribution in [-0.4, -0.2) is 73.7 Å². The Morgan fingerprint density at radius 2 is 0.900 bits per heavy atom. The highest BCUT2D eigenvalue weighted by atomic mass is 32.1. The quantitative estimate of drug-likeness (QED) is 0.0343. The van der Waals surface area contributed by atoms with Crippen molar-refractivity contribution in [3.05, 3.63) is 234 Å². The Hall–Kier alpha value is -7.94. The number of carbonyl (C=O) groups excluding carboxylic acids is 4. The Kier molecular flexibility index (Phi) is 27.0. The van der Waals surface area contributed by atoms with Crippen molar-refractivity contribution in [3.8, 4) is 0 Å². The van der Waals surface area contributed by atoms with Crippen LogP contribution in [0.25, 0.3) is 0 Å². The maximum atomic E-state index is 12.7. The van der Waals surface area contributed by atoms with Crippen LogP contribution in [0.3, 0.4) is 0 Å². The first-order valence-corrected chi connectivity index (χ1v) is 27.4. The number of esters is 2. The topological polar surface area (TPSA) is 179 Å². The van der Waals surface area contributed by atoms with E-state index in [-0.39, 0.29) is 35.7 Å². The van der Waals surface area contributed by atoms with E-state index in [1.165, 1.54) is 16.7 Å². The lowest BCUT2D eigenvalue weighted by atomic mass is 9.90. The van der Waals surface area contributed by atoms with Crippen LogP contribution in [0.4, 0.5) is 9.59 Å². The monoisotopic (exact) mass is 1100 g/mol. The van der Waals surface area contributed by atoms with Gasteiger partial charge in [-0.25, -0.2) is 24.2 Å². The van der Waals surface area contributed by atoms with Crippen molar-refractivity contribution in [3.63, 3.8) is 0 Å². The predicted octanol–water partition coefficient (Wildman–Crippen LogP) is 13.4. The van der Waals surface area contributed by atoms with E-state index >= 15 is 0 Å². The molecule has 14 heteroatoms. The highest BCUT2D eigenvalue weighted by Gasteiger charge is 2.28. The van der Waals surface area contributed by atoms with Crippen molar-refractivity contribution in [2.75, 3.05) is 0 Å². The zero-order valence-electron chi connectivity index (χ0n) is 47.5. The maximum absolute atomic E-state index is 12.7. The summed E-state index contributed by atoms with van der Waals surface area (Å²) >= 11 is 5.57. The number of alkyl carbamates (subject to hydrolysis) is 2. The van der Waals surface area contributed by atoms with Gasteiger partial charge in [-0.2, -0.15) is 0 Å². The van der Waals surface area contributed by atoms with Gasteiger partial charge in [-0.15, -0.1) is 0 Å². The van der Waals surface area contributed by atoms with Gasteiger partial charge >= 0.3 is 24.1 Å². The first-order chi connectivity index (χ1) is 37.8. The van der Waals surface area contributed by atoms with Gasteiger partial charge in [0.2, 0.25) is 0 Å². The van der Waals surface area contributed by atoms with Gasteiger partial charge in [0.05, 0.1) is 11.1 Å². The minimum Gasteiger partial charge on any atom is -0.467 e. The number of hydrogen-bond acceptors (Lipinski definition) is 10. The molecular formula is C66H80N4O9S. The number of nitrogens with one attached hydrogen (secondary N) is 2. The van der Waals surface area contributed by atoms with Crippen molar-refractivity contribution in [2.24, 2.45) is 11.8 Å². The summed E-state index contributed by atoms with van der Waals surface area (Å²) in [6, 6.07) is 58.0. The zero-order valence-corrected chi connectivity index (χ0v) is 48.3. The van der Waals surface area contributed by atoms with Gasteiger partial charge in [0, 0.05) is 30.9 Å². The van der Waals surface area contributed by atoms with Crippen LogP contribution >= 0.6 is 12.2 Å². The molecule has 0 aliphatic heterocycles. The van der Waals surface area contributed by atoms with Crippen molar-refractivity contribution in [1.82, 2.24) is 20.2 Å². The number of ether oxygens (including phenoxy) is 4. The van der Waals surface area contributed by atoms with Gasteiger partial charge < -0.3 is 35.1 Å². The van der Waals surface area contributed by atoms with Gasteiger partial charge in [-0.1, -0.05) is 172 Å². The van der Waals surface area contributed by atoms with E-state index in [1.807, 2.05) is 96.1 Å². The lowest BCUT2D eigenvalue weighted by Crippen LogP contribution is -2.44. The summed E-state index contributed by atoms with van der Waals surface area (Å²) in [5.41, 5.74) is 4.60. The van der Waals surface area contributed by atoms with Gasteiger partial charge in [0.25, 0.3) is 5.17 Å². The second-order valence-corrected chi connectivity index (χ2v) is 22.0. The Bertz CT molecular complexity index is 2820. The molecule has 0 aliphatic carbocycles. The van der Waals surface area contributed by atoms with Crippen LogP contribution in [0, 0.1) is 11.8 Å². The summed E-state index contributed by atoms with van der Waals surface area (Å²) in [6.45, 7) is 15.7. The average Bonchev–Trinajstić information content (AvgIpc) is 3.97. The molecule has 0 fully saturated rings. The molecule has 1 aromatic heterocycles. The molecule has 0 bridgehead atoms. The lowest BCUT2D eigenvalue weighted by Gasteiger charge is -2.30. The third-order valence-electron chi connectivity index (χ3n) is 12.3. The first-order valence-electron chi connectivity index (χ1n) is 27.0. The fraction of sp³-hybridized carbons (Fsp3) is 0.333. The molecule has 2 amide bonds. The highest BCUT2D eigenvalue weighted by molar-refractivity contribution is 7.80. The number of benzene rings is 6. The smallest absolute Gasteiger partial charge is 0.407 e. The fourth-order valence-corrected chi connectivity index (χ4v) is 8.70. The molecule has 1 heterocycles. The standard InChI is InChI=1S/C28H35N3O3S.C24H33NO2.C14H10O3.H2O/c1-21(17-22-11-7-5-8-12-22)25(33-27(35)31-16-15-29-20-31)19-24(18-23-13-9-6-10-14-23)30-26(32)34-28(2,3)4;1-19(17-20-11-7-5-8-12-20)15-16-22(18-21-13-9-6-10-14-21)25-23(26)27-24(2,3)4;15-13(11-7-3-1-4-8-11)17-14(16)12-9-5-2-6-10-12;/h5-16,20-21,24-25H,17-19H2,1-4H3,(H,30,32);5-14,19,22H,15-18H2,1-4H3,(H,25,26);1-10H;1H2/t21-,24-,25-;19-,22-;;/m01../s1. The third-order valence-corrected chi connectivity index (χ3v) is 12.6. The summed E-state index contributed by atoms with van der Waals surface area (Å²) < 4.78 is 23.8. The average molecular weight is 1110 g/mol. The van der Waals surface area contributed by atoms with Gasteiger partial charge in [-0.3, -0.25) is 4.57 Å². The Labute approximate surface area is 478 Å². The van der Waals surface area contributed by atoms with Crippen molar-refractivity contribution >= 4 is 41.5 Å². The van der Waals surface area contributed by atoms with Crippen molar-refractivity contribution in [1.29, 1.82) is 0 Å². The van der Waals surface area contributed by atoms with Crippen molar-refractivity contribution < 1.29 is 43.6 Å². The van der Waals surface area contributed by atoms with E-state index < -0.39 is 29.2 Å². The Morgan fingerprint density at radius 3 is 1.30 bits per heavy atom. The molecule has 0 spiro atoms. The normalized spacial score (nSPS) is 12.8. The fourth-order valence-electron chi connectivity index (χ4n) is 8.47. The first kappa shape index (κ1) is 64.6. The number of thiocarbonyl (C=S) groups is 1. The number of hydrogen-bond donors (Lipinski definition) is 2. The van der Waals surface area contributed by atoms with Crippen LogP contribution in [-0.2, 0) is 44.6 Å². The minimum atomic E-state index is -0.639. The van der Waals surface area contributed by atoms with Crippen molar-refractivity contribution in [2.45, 2.75) is 130 Å². The van der Waals surface area contributed by atoms with E-state index in [0.717, 1.165) is 37.7 Å². The molecular weight excluding hydrogens is 1020 g/mol. The lowest BCUT2D eigenvalue weighted by molar-refractivity contribution is 0.0393. The van der Waals surface area contributed by atoms with Gasteiger partial charge in [0.15, 0.2) is 0 Å². The van der Waals surface area contributed by atoms with E-state index in [0.29, 0.717) is 35.1 Å². The summed E-state index contributed by atoms with van der Waals surface area (Å²) in [5, 5.41) is 6.49. The number of amides is 2. The summed E-state index contributed by atoms with van der Waals surface area (Å²) in [6.07, 6.45) is 9.95. The largest absolute Gasteiger partial charge is 0.467 e. The molecule has 5 atom stereocenters. The summed E-state index contributed by atoms with van der Waals surface area (Å²) in [5.74, 6) is -0.581. The van der Waals surface area contributed by atoms with Crippen LogP contribution in [0.2, 0.25) is 0 Å².